The summed E-state index contributed by atoms with van der Waals surface area (Å²) in [7, 11) is 0. The summed E-state index contributed by atoms with van der Waals surface area (Å²) < 4.78 is 5.09. The molecular weight excluding hydrogens is 242 g/mol. The van der Waals surface area contributed by atoms with Crippen molar-refractivity contribution in [3.8, 4) is 17.2 Å². The number of aryl methyl sites for hydroxylation is 1. The van der Waals surface area contributed by atoms with Crippen LogP contribution in [0.4, 0.5) is 11.6 Å². The van der Waals surface area contributed by atoms with E-state index in [0.717, 1.165) is 16.8 Å². The number of rotatable bonds is 1. The molecule has 3 N–H and O–H groups in total. The average Bonchev–Trinajstić information content (AvgIpc) is 2.79. The fourth-order valence-electron chi connectivity index (χ4n) is 2.25. The van der Waals surface area contributed by atoms with Gasteiger partial charge < -0.3 is 15.5 Å². The van der Waals surface area contributed by atoms with E-state index in [9.17, 15) is 4.79 Å². The lowest BCUT2D eigenvalue weighted by Crippen LogP contribution is -2.18. The van der Waals surface area contributed by atoms with E-state index in [4.69, 9.17) is 15.4 Å². The number of amides is 1. The second-order valence-corrected chi connectivity index (χ2v) is 4.42. The summed E-state index contributed by atoms with van der Waals surface area (Å²) in [5.74, 6) is 0.161. The maximum atomic E-state index is 11.3. The summed E-state index contributed by atoms with van der Waals surface area (Å²) in [5.41, 5.74) is 9.38. The summed E-state index contributed by atoms with van der Waals surface area (Å²) in [5, 5.41) is 11.9. The largest absolute Gasteiger partial charge is 0.447 e. The molecule has 0 unspecified atom stereocenters. The molecule has 0 radical (unpaired) electrons. The molecule has 0 saturated carbocycles. The number of anilines is 2. The van der Waals surface area contributed by atoms with E-state index in [1.807, 2.05) is 24.3 Å². The number of nitrogens with one attached hydrogen (secondary N) is 1. The van der Waals surface area contributed by atoms with Gasteiger partial charge in [0.25, 0.3) is 0 Å². The van der Waals surface area contributed by atoms with Crippen LogP contribution in [0.2, 0.25) is 0 Å². The average molecular weight is 253 g/mol. The third-order valence-electron chi connectivity index (χ3n) is 3.24. The Hall–Kier alpha value is -2.74. The Labute approximate surface area is 109 Å². The van der Waals surface area contributed by atoms with Gasteiger partial charge in [0.15, 0.2) is 0 Å². The predicted octanol–water partition coefficient (Wildman–Crippen LogP) is 2.29. The van der Waals surface area contributed by atoms with Crippen LogP contribution in [0.25, 0.3) is 11.1 Å². The fourth-order valence-corrected chi connectivity index (χ4v) is 2.25. The van der Waals surface area contributed by atoms with E-state index in [-0.39, 0.29) is 11.8 Å². The molecule has 1 aliphatic rings. The summed E-state index contributed by atoms with van der Waals surface area (Å²) in [4.78, 5) is 11.3. The topological polar surface area (TPSA) is 92.0 Å². The van der Waals surface area contributed by atoms with Crippen LogP contribution < -0.4 is 11.1 Å². The van der Waals surface area contributed by atoms with E-state index in [1.165, 1.54) is 6.26 Å². The van der Waals surface area contributed by atoms with Gasteiger partial charge in [-0.2, -0.15) is 5.26 Å². The van der Waals surface area contributed by atoms with Crippen LogP contribution in [0.3, 0.4) is 0 Å². The van der Waals surface area contributed by atoms with Crippen molar-refractivity contribution in [2.45, 2.75) is 12.8 Å². The van der Waals surface area contributed by atoms with Crippen LogP contribution in [0.15, 0.2) is 28.9 Å². The van der Waals surface area contributed by atoms with Gasteiger partial charge in [-0.25, -0.2) is 0 Å². The van der Waals surface area contributed by atoms with Crippen LogP contribution in [-0.4, -0.2) is 5.91 Å². The van der Waals surface area contributed by atoms with Gasteiger partial charge in [-0.15, -0.1) is 0 Å². The van der Waals surface area contributed by atoms with E-state index in [0.29, 0.717) is 24.0 Å². The van der Waals surface area contributed by atoms with Gasteiger partial charge in [0.05, 0.1) is 0 Å². The number of nitrogens with zero attached hydrogens (tertiary/aromatic N) is 1. The Morgan fingerprint density at radius 3 is 3.00 bits per heavy atom. The smallest absolute Gasteiger partial charge is 0.224 e. The molecule has 5 nitrogen and oxygen atoms in total. The quantitative estimate of drug-likeness (QED) is 0.815. The molecule has 2 aromatic rings. The summed E-state index contributed by atoms with van der Waals surface area (Å²) >= 11 is 0. The molecule has 0 aliphatic carbocycles. The molecule has 1 amide bonds. The molecule has 1 aliphatic heterocycles. The van der Waals surface area contributed by atoms with Crippen molar-refractivity contribution in [1.29, 1.82) is 5.26 Å². The van der Waals surface area contributed by atoms with Gasteiger partial charge >= 0.3 is 0 Å². The van der Waals surface area contributed by atoms with E-state index in [2.05, 4.69) is 5.32 Å². The molecule has 2 heterocycles. The standard InChI is InChI=1S/C14H11N3O2/c15-6-10-11(7-19-14(10)16)8-1-3-12-9(5-8)2-4-13(18)17-12/h1,3,5,7H,2,4,16H2,(H,17,18). The maximum Gasteiger partial charge on any atom is 0.224 e. The minimum atomic E-state index is 0.0329. The van der Waals surface area contributed by atoms with Crippen molar-refractivity contribution >= 4 is 17.5 Å². The number of hydrogen-bond acceptors (Lipinski definition) is 4. The normalized spacial score (nSPS) is 13.5. The van der Waals surface area contributed by atoms with Crippen LogP contribution in [-0.2, 0) is 11.2 Å². The van der Waals surface area contributed by atoms with Crippen LogP contribution in [0, 0.1) is 11.3 Å². The van der Waals surface area contributed by atoms with Crippen molar-refractivity contribution in [3.05, 3.63) is 35.6 Å². The first-order chi connectivity index (χ1) is 9.19. The van der Waals surface area contributed by atoms with Crippen molar-refractivity contribution in [2.24, 2.45) is 0 Å². The molecule has 1 aromatic carbocycles. The summed E-state index contributed by atoms with van der Waals surface area (Å²) in [6, 6.07) is 7.68. The molecule has 5 heteroatoms. The highest BCUT2D eigenvalue weighted by atomic mass is 16.3. The highest BCUT2D eigenvalue weighted by molar-refractivity contribution is 5.94. The van der Waals surface area contributed by atoms with Crippen LogP contribution in [0.5, 0.6) is 0 Å². The molecule has 1 aromatic heterocycles. The van der Waals surface area contributed by atoms with Gasteiger partial charge in [0.2, 0.25) is 11.8 Å². The Morgan fingerprint density at radius 1 is 1.37 bits per heavy atom. The molecular formula is C14H11N3O2. The molecule has 0 spiro atoms. The number of carbonyl (C=O) groups is 1. The molecule has 94 valence electrons. The van der Waals surface area contributed by atoms with Gasteiger partial charge in [0, 0.05) is 17.7 Å². The van der Waals surface area contributed by atoms with Crippen molar-refractivity contribution in [1.82, 2.24) is 0 Å². The lowest BCUT2D eigenvalue weighted by Gasteiger charge is -2.17. The Balaban J connectivity index is 2.08. The first-order valence-corrected chi connectivity index (χ1v) is 5.89. The third kappa shape index (κ3) is 1.83. The van der Waals surface area contributed by atoms with Gasteiger partial charge in [-0.1, -0.05) is 6.07 Å². The minimum Gasteiger partial charge on any atom is -0.447 e. The minimum absolute atomic E-state index is 0.0329. The zero-order chi connectivity index (χ0) is 13.4. The van der Waals surface area contributed by atoms with E-state index >= 15 is 0 Å². The summed E-state index contributed by atoms with van der Waals surface area (Å²) in [6.45, 7) is 0. The van der Waals surface area contributed by atoms with Gasteiger partial charge in [0.1, 0.15) is 17.9 Å². The van der Waals surface area contributed by atoms with E-state index in [1.54, 1.807) is 0 Å². The highest BCUT2D eigenvalue weighted by Gasteiger charge is 2.17. The molecule has 19 heavy (non-hydrogen) atoms. The highest BCUT2D eigenvalue weighted by Crippen LogP contribution is 2.33. The van der Waals surface area contributed by atoms with Crippen LogP contribution >= 0.6 is 0 Å². The summed E-state index contributed by atoms with van der Waals surface area (Å²) in [6.07, 6.45) is 2.66. The van der Waals surface area contributed by atoms with Crippen molar-refractivity contribution in [2.75, 3.05) is 11.1 Å². The van der Waals surface area contributed by atoms with E-state index < -0.39 is 0 Å². The van der Waals surface area contributed by atoms with Gasteiger partial charge in [-0.05, 0) is 29.7 Å². The third-order valence-corrected chi connectivity index (χ3v) is 3.24. The number of fused-ring (bicyclic) bond motifs is 1. The second kappa shape index (κ2) is 4.18. The molecule has 0 bridgehead atoms. The molecule has 3 rings (SSSR count). The lowest BCUT2D eigenvalue weighted by atomic mass is 9.96. The SMILES string of the molecule is N#Cc1c(-c2ccc3c(c2)CCC(=O)N3)coc1N. The number of hydrogen-bond donors (Lipinski definition) is 2. The number of nitrogens with two attached hydrogens (primary N) is 1. The number of carbonyl (C=O) groups excluding carboxylic acids is 1. The second-order valence-electron chi connectivity index (χ2n) is 4.42. The number of benzene rings is 1. The molecule has 0 fully saturated rings. The first-order valence-electron chi connectivity index (χ1n) is 5.89. The lowest BCUT2D eigenvalue weighted by molar-refractivity contribution is -0.116. The molecule has 0 atom stereocenters. The van der Waals surface area contributed by atoms with Crippen molar-refractivity contribution in [3.63, 3.8) is 0 Å². The van der Waals surface area contributed by atoms with Crippen LogP contribution in [0.1, 0.15) is 17.5 Å². The van der Waals surface area contributed by atoms with Crippen molar-refractivity contribution < 1.29 is 9.21 Å². The fraction of sp³-hybridized carbons (Fsp3) is 0.143. The number of nitrogen functional groups attached to an aromatic ring is 1. The zero-order valence-electron chi connectivity index (χ0n) is 10.1. The van der Waals surface area contributed by atoms with Gasteiger partial charge in [-0.3, -0.25) is 4.79 Å². The first kappa shape index (κ1) is 11.4. The maximum absolute atomic E-state index is 11.3. The Morgan fingerprint density at radius 2 is 2.21 bits per heavy atom. The Kier molecular flexibility index (Phi) is 2.50. The monoisotopic (exact) mass is 253 g/mol. The molecule has 0 saturated heterocycles. The predicted molar refractivity (Wildman–Crippen MR) is 70.2 cm³/mol. The Bertz CT molecular complexity index is 710. The number of nitriles is 1. The zero-order valence-corrected chi connectivity index (χ0v) is 10.1. The number of furan rings is 1.